The number of aromatic nitrogens is 1. The van der Waals surface area contributed by atoms with Crippen LogP contribution in [0.15, 0.2) is 18.3 Å². The number of anilines is 1. The molecule has 0 spiro atoms. The highest BCUT2D eigenvalue weighted by molar-refractivity contribution is 5.67. The molecule has 94 valence electrons. The summed E-state index contributed by atoms with van der Waals surface area (Å²) in [5, 5.41) is 11.7. The molecule has 0 saturated heterocycles. The van der Waals surface area contributed by atoms with Crippen molar-refractivity contribution in [2.24, 2.45) is 0 Å². The number of methoxy groups -OCH3 is 2. The van der Waals surface area contributed by atoms with Crippen molar-refractivity contribution in [1.29, 1.82) is 0 Å². The Balaban J connectivity index is 2.50. The van der Waals surface area contributed by atoms with Crippen molar-refractivity contribution in [2.75, 3.05) is 26.1 Å². The van der Waals surface area contributed by atoms with Crippen LogP contribution in [0, 0.1) is 0 Å². The van der Waals surface area contributed by atoms with Crippen molar-refractivity contribution in [2.45, 2.75) is 12.5 Å². The average molecular weight is 240 g/mol. The number of hydrogen-bond acceptors (Lipinski definition) is 5. The molecular weight excluding hydrogens is 224 g/mol. The Kier molecular flexibility index (Phi) is 5.22. The first kappa shape index (κ1) is 13.2. The molecular formula is C11H16N2O4. The molecule has 1 unspecified atom stereocenters. The number of pyridine rings is 1. The first-order valence-corrected chi connectivity index (χ1v) is 5.14. The molecule has 0 aromatic carbocycles. The minimum absolute atomic E-state index is 0.0360. The first-order chi connectivity index (χ1) is 8.15. The van der Waals surface area contributed by atoms with E-state index >= 15 is 0 Å². The average Bonchev–Trinajstić information content (AvgIpc) is 2.34. The lowest BCUT2D eigenvalue weighted by molar-refractivity contribution is -0.139. The zero-order valence-electron chi connectivity index (χ0n) is 9.84. The molecule has 0 aliphatic carbocycles. The summed E-state index contributed by atoms with van der Waals surface area (Å²) in [7, 11) is 3.02. The van der Waals surface area contributed by atoms with E-state index < -0.39 is 5.97 Å². The fourth-order valence-electron chi connectivity index (χ4n) is 1.30. The lowest BCUT2D eigenvalue weighted by Gasteiger charge is -2.14. The van der Waals surface area contributed by atoms with Crippen molar-refractivity contribution in [3.63, 3.8) is 0 Å². The standard InChI is InChI=1S/C11H16N2O4/c1-16-9(6-11(14)15)7-13-8-3-4-12-10(5-8)17-2/h3-5,9H,6-7H2,1-2H3,(H,12,13)(H,14,15). The molecule has 0 aliphatic heterocycles. The van der Waals surface area contributed by atoms with Gasteiger partial charge in [-0.15, -0.1) is 0 Å². The Morgan fingerprint density at radius 3 is 2.94 bits per heavy atom. The van der Waals surface area contributed by atoms with Gasteiger partial charge in [0, 0.05) is 31.6 Å². The maximum absolute atomic E-state index is 10.5. The highest BCUT2D eigenvalue weighted by atomic mass is 16.5. The van der Waals surface area contributed by atoms with Crippen molar-refractivity contribution in [1.82, 2.24) is 4.98 Å². The molecule has 17 heavy (non-hydrogen) atoms. The normalized spacial score (nSPS) is 11.9. The van der Waals surface area contributed by atoms with Crippen LogP contribution in [0.3, 0.4) is 0 Å². The van der Waals surface area contributed by atoms with E-state index in [1.54, 1.807) is 18.3 Å². The number of hydrogen-bond donors (Lipinski definition) is 2. The van der Waals surface area contributed by atoms with Crippen LogP contribution in [0.1, 0.15) is 6.42 Å². The maximum Gasteiger partial charge on any atom is 0.306 e. The fourth-order valence-corrected chi connectivity index (χ4v) is 1.30. The number of rotatable bonds is 7. The van der Waals surface area contributed by atoms with E-state index in [0.29, 0.717) is 12.4 Å². The molecule has 1 rings (SSSR count). The van der Waals surface area contributed by atoms with Crippen LogP contribution < -0.4 is 10.1 Å². The molecule has 0 bridgehead atoms. The Labute approximate surface area is 99.6 Å². The Bertz CT molecular complexity index is 370. The van der Waals surface area contributed by atoms with Crippen molar-refractivity contribution in [3.05, 3.63) is 18.3 Å². The van der Waals surface area contributed by atoms with E-state index in [4.69, 9.17) is 14.6 Å². The van der Waals surface area contributed by atoms with Gasteiger partial charge in [0.2, 0.25) is 5.88 Å². The lowest BCUT2D eigenvalue weighted by atomic mass is 10.2. The van der Waals surface area contributed by atoms with E-state index in [1.165, 1.54) is 14.2 Å². The SMILES string of the molecule is COc1cc(NCC(CC(=O)O)OC)ccn1. The number of carboxylic acid groups (broad SMARTS) is 1. The molecule has 2 N–H and O–H groups in total. The molecule has 0 radical (unpaired) electrons. The molecule has 1 heterocycles. The van der Waals surface area contributed by atoms with Crippen molar-refractivity contribution < 1.29 is 19.4 Å². The van der Waals surface area contributed by atoms with Gasteiger partial charge in [0.15, 0.2) is 0 Å². The van der Waals surface area contributed by atoms with Crippen LogP contribution in [-0.2, 0) is 9.53 Å². The Morgan fingerprint density at radius 1 is 1.59 bits per heavy atom. The summed E-state index contributed by atoms with van der Waals surface area (Å²) < 4.78 is 10.0. The molecule has 0 aliphatic rings. The summed E-state index contributed by atoms with van der Waals surface area (Å²) in [5.41, 5.74) is 0.810. The number of carboxylic acids is 1. The second-order valence-electron chi connectivity index (χ2n) is 3.42. The van der Waals surface area contributed by atoms with Crippen LogP contribution >= 0.6 is 0 Å². The Morgan fingerprint density at radius 2 is 2.35 bits per heavy atom. The zero-order chi connectivity index (χ0) is 12.7. The maximum atomic E-state index is 10.5. The van der Waals surface area contributed by atoms with Crippen LogP contribution in [-0.4, -0.2) is 42.9 Å². The molecule has 0 saturated carbocycles. The van der Waals surface area contributed by atoms with Gasteiger partial charge >= 0.3 is 5.97 Å². The summed E-state index contributed by atoms with van der Waals surface area (Å²) in [6.45, 7) is 0.413. The molecule has 1 aromatic rings. The van der Waals surface area contributed by atoms with Gasteiger partial charge in [0.25, 0.3) is 0 Å². The summed E-state index contributed by atoms with van der Waals surface area (Å²) in [5.74, 6) is -0.381. The van der Waals surface area contributed by atoms with E-state index in [1.807, 2.05) is 0 Å². The third kappa shape index (κ3) is 4.69. The first-order valence-electron chi connectivity index (χ1n) is 5.14. The van der Waals surface area contributed by atoms with Gasteiger partial charge in [0.1, 0.15) is 0 Å². The second-order valence-corrected chi connectivity index (χ2v) is 3.42. The van der Waals surface area contributed by atoms with Gasteiger partial charge in [0.05, 0.1) is 19.6 Å². The molecule has 1 atom stereocenters. The third-order valence-electron chi connectivity index (χ3n) is 2.21. The predicted molar refractivity (Wildman–Crippen MR) is 62.3 cm³/mol. The van der Waals surface area contributed by atoms with E-state index in [9.17, 15) is 4.79 Å². The largest absolute Gasteiger partial charge is 0.481 e. The van der Waals surface area contributed by atoms with E-state index in [-0.39, 0.29) is 12.5 Å². The summed E-state index contributed by atoms with van der Waals surface area (Å²) in [4.78, 5) is 14.5. The molecule has 0 fully saturated rings. The third-order valence-corrected chi connectivity index (χ3v) is 2.21. The summed E-state index contributed by atoms with van der Waals surface area (Å²) in [6, 6.07) is 3.50. The van der Waals surface area contributed by atoms with Crippen molar-refractivity contribution in [3.8, 4) is 5.88 Å². The molecule has 6 nitrogen and oxygen atoms in total. The van der Waals surface area contributed by atoms with Crippen LogP contribution in [0.25, 0.3) is 0 Å². The van der Waals surface area contributed by atoms with Crippen molar-refractivity contribution >= 4 is 11.7 Å². The lowest BCUT2D eigenvalue weighted by Crippen LogP contribution is -2.24. The number of nitrogens with one attached hydrogen (secondary N) is 1. The number of aliphatic carboxylic acids is 1. The van der Waals surface area contributed by atoms with Gasteiger partial charge in [-0.25, -0.2) is 4.98 Å². The van der Waals surface area contributed by atoms with Crippen LogP contribution in [0.4, 0.5) is 5.69 Å². The minimum Gasteiger partial charge on any atom is -0.481 e. The van der Waals surface area contributed by atoms with Crippen LogP contribution in [0.2, 0.25) is 0 Å². The van der Waals surface area contributed by atoms with Gasteiger partial charge in [-0.3, -0.25) is 4.79 Å². The molecule has 0 amide bonds. The van der Waals surface area contributed by atoms with Gasteiger partial charge in [-0.05, 0) is 6.07 Å². The van der Waals surface area contributed by atoms with E-state index in [0.717, 1.165) is 5.69 Å². The van der Waals surface area contributed by atoms with E-state index in [2.05, 4.69) is 10.3 Å². The summed E-state index contributed by atoms with van der Waals surface area (Å²) >= 11 is 0. The smallest absolute Gasteiger partial charge is 0.306 e. The monoisotopic (exact) mass is 240 g/mol. The number of carbonyl (C=O) groups is 1. The zero-order valence-corrected chi connectivity index (χ0v) is 9.84. The van der Waals surface area contributed by atoms with Crippen LogP contribution in [0.5, 0.6) is 5.88 Å². The fraction of sp³-hybridized carbons (Fsp3) is 0.455. The topological polar surface area (TPSA) is 80.7 Å². The summed E-state index contributed by atoms with van der Waals surface area (Å²) in [6.07, 6.45) is 1.21. The van der Waals surface area contributed by atoms with Gasteiger partial charge in [-0.2, -0.15) is 0 Å². The Hall–Kier alpha value is -1.82. The minimum atomic E-state index is -0.883. The highest BCUT2D eigenvalue weighted by Crippen LogP contribution is 2.13. The predicted octanol–water partition coefficient (Wildman–Crippen LogP) is 0.992. The van der Waals surface area contributed by atoms with Gasteiger partial charge < -0.3 is 19.9 Å². The highest BCUT2D eigenvalue weighted by Gasteiger charge is 2.11. The second kappa shape index (κ2) is 6.70. The number of ether oxygens (including phenoxy) is 2. The molecule has 6 heteroatoms. The number of nitrogens with zero attached hydrogens (tertiary/aromatic N) is 1. The quantitative estimate of drug-likeness (QED) is 0.739. The molecule has 1 aromatic heterocycles. The van der Waals surface area contributed by atoms with Gasteiger partial charge in [-0.1, -0.05) is 0 Å².